The van der Waals surface area contributed by atoms with Crippen molar-refractivity contribution in [3.63, 3.8) is 0 Å². The molecule has 2 aromatic rings. The second-order valence-corrected chi connectivity index (χ2v) is 6.75. The molecule has 2 rings (SSSR count). The number of hydrogen-bond acceptors (Lipinski definition) is 2. The van der Waals surface area contributed by atoms with Gasteiger partial charge >= 0.3 is 0 Å². The van der Waals surface area contributed by atoms with Crippen molar-refractivity contribution in [1.82, 2.24) is 10.3 Å². The van der Waals surface area contributed by atoms with Crippen molar-refractivity contribution in [2.24, 2.45) is 5.41 Å². The van der Waals surface area contributed by atoms with Crippen molar-refractivity contribution in [2.75, 3.05) is 0 Å². The maximum absolute atomic E-state index is 13.1. The highest BCUT2D eigenvalue weighted by molar-refractivity contribution is 5.92. The Morgan fingerprint density at radius 2 is 1.88 bits per heavy atom. The number of aromatic nitrogens is 1. The molecule has 0 saturated heterocycles. The van der Waals surface area contributed by atoms with Gasteiger partial charge in [0.05, 0.1) is 0 Å². The molecule has 124 valence electrons. The van der Waals surface area contributed by atoms with Crippen LogP contribution < -0.4 is 5.32 Å². The van der Waals surface area contributed by atoms with Gasteiger partial charge in [0.25, 0.3) is 5.91 Å². The molecular weight excluding hydrogens is 303 g/mol. The molecule has 0 unspecified atom stereocenters. The van der Waals surface area contributed by atoms with E-state index in [9.17, 15) is 9.18 Å². The third-order valence-electron chi connectivity index (χ3n) is 3.82. The number of halogens is 1. The van der Waals surface area contributed by atoms with Gasteiger partial charge in [-0.25, -0.2) is 9.37 Å². The van der Waals surface area contributed by atoms with E-state index in [1.165, 1.54) is 12.1 Å². The highest BCUT2D eigenvalue weighted by Gasteiger charge is 2.22. The average molecular weight is 324 g/mol. The molecule has 0 saturated carbocycles. The average Bonchev–Trinajstić information content (AvgIpc) is 2.52. The summed E-state index contributed by atoms with van der Waals surface area (Å²) in [6.07, 6.45) is 1.54. The van der Waals surface area contributed by atoms with Gasteiger partial charge in [-0.15, -0.1) is 0 Å². The Kier molecular flexibility index (Phi) is 5.35. The molecule has 1 atom stereocenters. The van der Waals surface area contributed by atoms with E-state index < -0.39 is 0 Å². The largest absolute Gasteiger partial charge is 0.348 e. The summed E-state index contributed by atoms with van der Waals surface area (Å²) in [5.74, 6) is 5.25. The monoisotopic (exact) mass is 324 g/mol. The molecule has 1 aromatic carbocycles. The first-order valence-corrected chi connectivity index (χ1v) is 7.80. The van der Waals surface area contributed by atoms with Gasteiger partial charge in [-0.2, -0.15) is 0 Å². The maximum atomic E-state index is 13.1. The molecule has 3 nitrogen and oxygen atoms in total. The SMILES string of the molecule is C[C@H](NC(=O)c1ccc(C#Cc2cccc(F)c2)cn1)C(C)(C)C. The number of carbonyl (C=O) groups is 1. The molecule has 0 aliphatic heterocycles. The van der Waals surface area contributed by atoms with Gasteiger partial charge in [0, 0.05) is 23.4 Å². The summed E-state index contributed by atoms with van der Waals surface area (Å²) in [5, 5.41) is 2.94. The highest BCUT2D eigenvalue weighted by Crippen LogP contribution is 2.18. The van der Waals surface area contributed by atoms with Gasteiger partial charge in [0.15, 0.2) is 0 Å². The van der Waals surface area contributed by atoms with Crippen molar-refractivity contribution in [3.8, 4) is 11.8 Å². The van der Waals surface area contributed by atoms with E-state index >= 15 is 0 Å². The van der Waals surface area contributed by atoms with E-state index in [2.05, 4.69) is 42.9 Å². The minimum atomic E-state index is -0.320. The van der Waals surface area contributed by atoms with E-state index in [4.69, 9.17) is 0 Å². The highest BCUT2D eigenvalue weighted by atomic mass is 19.1. The van der Waals surface area contributed by atoms with Crippen LogP contribution in [0.3, 0.4) is 0 Å². The fraction of sp³-hybridized carbons (Fsp3) is 0.300. The molecular formula is C20H21FN2O. The predicted molar refractivity (Wildman–Crippen MR) is 93.0 cm³/mol. The van der Waals surface area contributed by atoms with E-state index in [1.807, 2.05) is 6.92 Å². The zero-order valence-corrected chi connectivity index (χ0v) is 14.4. The van der Waals surface area contributed by atoms with Gasteiger partial charge in [-0.1, -0.05) is 38.7 Å². The van der Waals surface area contributed by atoms with Gasteiger partial charge in [-0.3, -0.25) is 4.79 Å². The summed E-state index contributed by atoms with van der Waals surface area (Å²) in [6, 6.07) is 9.49. The molecule has 1 aromatic heterocycles. The van der Waals surface area contributed by atoms with Crippen molar-refractivity contribution >= 4 is 5.91 Å². The van der Waals surface area contributed by atoms with Crippen LogP contribution in [-0.4, -0.2) is 16.9 Å². The lowest BCUT2D eigenvalue weighted by atomic mass is 9.88. The normalized spacial score (nSPS) is 12.0. The van der Waals surface area contributed by atoms with Crippen LogP contribution in [0, 0.1) is 23.1 Å². The minimum Gasteiger partial charge on any atom is -0.348 e. The van der Waals surface area contributed by atoms with Crippen molar-refractivity contribution < 1.29 is 9.18 Å². The van der Waals surface area contributed by atoms with Crippen LogP contribution >= 0.6 is 0 Å². The topological polar surface area (TPSA) is 42.0 Å². The zero-order valence-electron chi connectivity index (χ0n) is 14.4. The summed E-state index contributed by atoms with van der Waals surface area (Å²) in [4.78, 5) is 16.3. The number of rotatable bonds is 2. The Hall–Kier alpha value is -2.67. The van der Waals surface area contributed by atoms with Crippen LogP contribution in [0.4, 0.5) is 4.39 Å². The van der Waals surface area contributed by atoms with Crippen LogP contribution in [0.15, 0.2) is 42.6 Å². The number of carbonyl (C=O) groups excluding carboxylic acids is 1. The van der Waals surface area contributed by atoms with Gasteiger partial charge in [-0.05, 0) is 42.7 Å². The first kappa shape index (κ1) is 17.7. The zero-order chi connectivity index (χ0) is 17.7. The van der Waals surface area contributed by atoms with Crippen molar-refractivity contribution in [2.45, 2.75) is 33.7 Å². The lowest BCUT2D eigenvalue weighted by Gasteiger charge is -2.27. The molecule has 0 radical (unpaired) electrons. The fourth-order valence-corrected chi connectivity index (χ4v) is 1.80. The summed E-state index contributed by atoms with van der Waals surface area (Å²) in [5.41, 5.74) is 1.59. The van der Waals surface area contributed by atoms with Crippen molar-refractivity contribution in [3.05, 3.63) is 65.2 Å². The molecule has 0 aliphatic carbocycles. The number of pyridine rings is 1. The number of nitrogens with one attached hydrogen (secondary N) is 1. The fourth-order valence-electron chi connectivity index (χ4n) is 1.80. The van der Waals surface area contributed by atoms with E-state index in [-0.39, 0.29) is 23.2 Å². The van der Waals surface area contributed by atoms with Crippen LogP contribution in [-0.2, 0) is 0 Å². The first-order valence-electron chi connectivity index (χ1n) is 7.80. The Morgan fingerprint density at radius 3 is 2.46 bits per heavy atom. The molecule has 24 heavy (non-hydrogen) atoms. The second-order valence-electron chi connectivity index (χ2n) is 6.75. The molecule has 4 heteroatoms. The molecule has 0 bridgehead atoms. The predicted octanol–water partition coefficient (Wildman–Crippen LogP) is 3.78. The maximum Gasteiger partial charge on any atom is 0.270 e. The Bertz CT molecular complexity index is 780. The standard InChI is InChI=1S/C20H21FN2O/c1-14(20(2,3)4)23-19(24)18-11-10-16(13-22-18)9-8-15-6-5-7-17(21)12-15/h5-7,10-14H,1-4H3,(H,23,24)/t14-/m0/s1. The second kappa shape index (κ2) is 7.27. The third kappa shape index (κ3) is 4.92. The van der Waals surface area contributed by atoms with E-state index in [0.29, 0.717) is 16.8 Å². The number of nitrogens with zero attached hydrogens (tertiary/aromatic N) is 1. The van der Waals surface area contributed by atoms with Crippen molar-refractivity contribution in [1.29, 1.82) is 0 Å². The van der Waals surface area contributed by atoms with Crippen LogP contribution in [0.25, 0.3) is 0 Å². The van der Waals surface area contributed by atoms with Gasteiger partial charge in [0.2, 0.25) is 0 Å². The summed E-state index contributed by atoms with van der Waals surface area (Å²) in [6.45, 7) is 8.17. The molecule has 0 aliphatic rings. The van der Waals surface area contributed by atoms with Crippen LogP contribution in [0.5, 0.6) is 0 Å². The lowest BCUT2D eigenvalue weighted by molar-refractivity contribution is 0.0905. The molecule has 1 N–H and O–H groups in total. The first-order chi connectivity index (χ1) is 11.3. The summed E-state index contributed by atoms with van der Waals surface area (Å²) < 4.78 is 13.1. The smallest absolute Gasteiger partial charge is 0.270 e. The number of hydrogen-bond donors (Lipinski definition) is 1. The molecule has 1 heterocycles. The number of benzene rings is 1. The van der Waals surface area contributed by atoms with E-state index in [1.54, 1.807) is 30.5 Å². The Morgan fingerprint density at radius 1 is 1.17 bits per heavy atom. The molecule has 0 spiro atoms. The minimum absolute atomic E-state index is 0.0218. The third-order valence-corrected chi connectivity index (χ3v) is 3.82. The van der Waals surface area contributed by atoms with E-state index in [0.717, 1.165) is 0 Å². The van der Waals surface area contributed by atoms with Gasteiger partial charge in [0.1, 0.15) is 11.5 Å². The summed E-state index contributed by atoms with van der Waals surface area (Å²) in [7, 11) is 0. The molecule has 0 fully saturated rings. The summed E-state index contributed by atoms with van der Waals surface area (Å²) >= 11 is 0. The van der Waals surface area contributed by atoms with Gasteiger partial charge < -0.3 is 5.32 Å². The Labute approximate surface area is 142 Å². The Balaban J connectivity index is 2.07. The quantitative estimate of drug-likeness (QED) is 0.854. The molecule has 1 amide bonds. The van der Waals surface area contributed by atoms with Crippen LogP contribution in [0.1, 0.15) is 49.3 Å². The van der Waals surface area contributed by atoms with Crippen LogP contribution in [0.2, 0.25) is 0 Å². The lowest BCUT2D eigenvalue weighted by Crippen LogP contribution is -2.41. The number of amides is 1.